The van der Waals surface area contributed by atoms with Crippen molar-refractivity contribution < 1.29 is 0 Å². The van der Waals surface area contributed by atoms with Crippen molar-refractivity contribution in [2.24, 2.45) is 0 Å². The molecule has 0 saturated heterocycles. The topological polar surface area (TPSA) is 0 Å². The van der Waals surface area contributed by atoms with E-state index < -0.39 is 0 Å². The Balaban J connectivity index is 2.43. The van der Waals surface area contributed by atoms with E-state index in [0.29, 0.717) is 0 Å². The third kappa shape index (κ3) is 3.58. The molecule has 0 unspecified atom stereocenters. The van der Waals surface area contributed by atoms with Gasteiger partial charge in [0.1, 0.15) is 0 Å². The molecule has 0 radical (unpaired) electrons. The number of hydrogen-bond acceptors (Lipinski definition) is 0. The van der Waals surface area contributed by atoms with E-state index in [1.807, 2.05) is 26.0 Å². The molecule has 0 amide bonds. The van der Waals surface area contributed by atoms with Crippen LogP contribution in [0.5, 0.6) is 0 Å². The van der Waals surface area contributed by atoms with Gasteiger partial charge < -0.3 is 0 Å². The molecule has 100 valence electrons. The molecule has 0 heterocycles. The fourth-order valence-electron chi connectivity index (χ4n) is 2.14. The summed E-state index contributed by atoms with van der Waals surface area (Å²) in [6, 6.07) is 19.1. The first kappa shape index (κ1) is 14.1. The minimum absolute atomic E-state index is 1.23. The second-order valence-corrected chi connectivity index (χ2v) is 4.59. The summed E-state index contributed by atoms with van der Waals surface area (Å²) in [5.74, 6) is 0. The lowest BCUT2D eigenvalue weighted by Crippen LogP contribution is -1.83. The molecule has 0 aromatic heterocycles. The van der Waals surface area contributed by atoms with E-state index in [2.05, 4.69) is 72.8 Å². The molecule has 0 saturated carbocycles. The minimum atomic E-state index is 1.23. The van der Waals surface area contributed by atoms with Gasteiger partial charge in [-0.25, -0.2) is 0 Å². The van der Waals surface area contributed by atoms with Gasteiger partial charge in [0.25, 0.3) is 0 Å². The van der Waals surface area contributed by atoms with Crippen LogP contribution in [0, 0.1) is 0 Å². The van der Waals surface area contributed by atoms with Crippen LogP contribution >= 0.6 is 0 Å². The molecule has 2 aromatic carbocycles. The predicted octanol–water partition coefficient (Wildman–Crippen LogP) is 5.89. The van der Waals surface area contributed by atoms with Crippen molar-refractivity contribution >= 4 is 5.57 Å². The first-order chi connectivity index (χ1) is 9.85. The van der Waals surface area contributed by atoms with Crippen molar-refractivity contribution in [2.45, 2.75) is 13.8 Å². The molecule has 0 nitrogen and oxygen atoms in total. The van der Waals surface area contributed by atoms with Crippen LogP contribution in [0.3, 0.4) is 0 Å². The lowest BCUT2D eigenvalue weighted by Gasteiger charge is -2.06. The van der Waals surface area contributed by atoms with Crippen molar-refractivity contribution in [2.75, 3.05) is 0 Å². The summed E-state index contributed by atoms with van der Waals surface area (Å²) in [6.07, 6.45) is 10.5. The molecule has 0 bridgehead atoms. The van der Waals surface area contributed by atoms with Crippen LogP contribution in [0.2, 0.25) is 0 Å². The van der Waals surface area contributed by atoms with Gasteiger partial charge in [-0.15, -0.1) is 0 Å². The predicted molar refractivity (Wildman–Crippen MR) is 89.5 cm³/mol. The van der Waals surface area contributed by atoms with Crippen LogP contribution in [0.25, 0.3) is 16.7 Å². The smallest absolute Gasteiger partial charge is 0.0178 e. The fraction of sp³-hybridized carbons (Fsp3) is 0.100. The average Bonchev–Trinajstić information content (AvgIpc) is 2.52. The Hall–Kier alpha value is -2.34. The average molecular weight is 260 g/mol. The van der Waals surface area contributed by atoms with Gasteiger partial charge in [0.2, 0.25) is 0 Å². The Kier molecular flexibility index (Phi) is 5.14. The highest BCUT2D eigenvalue weighted by molar-refractivity contribution is 5.78. The first-order valence-corrected chi connectivity index (χ1v) is 6.96. The Morgan fingerprint density at radius 3 is 2.25 bits per heavy atom. The Morgan fingerprint density at radius 1 is 0.800 bits per heavy atom. The Labute approximate surface area is 121 Å². The van der Waals surface area contributed by atoms with E-state index in [0.717, 1.165) is 0 Å². The molecule has 20 heavy (non-hydrogen) atoms. The molecule has 0 spiro atoms. The standard InChI is InChI=1S/C20H20/c1-3-5-11-17(10-4-2)19-14-9-15-20(16-19)18-12-7-6-8-13-18/h3-16H,1-2H3/b5-3-,10-4-,17-11+. The molecular weight excluding hydrogens is 240 g/mol. The molecular formula is C20H20. The van der Waals surface area contributed by atoms with Crippen LogP contribution in [0.4, 0.5) is 0 Å². The van der Waals surface area contributed by atoms with E-state index in [1.54, 1.807) is 0 Å². The van der Waals surface area contributed by atoms with Crippen molar-refractivity contribution in [1.82, 2.24) is 0 Å². The van der Waals surface area contributed by atoms with Crippen LogP contribution in [0.15, 0.2) is 85.0 Å². The van der Waals surface area contributed by atoms with E-state index in [-0.39, 0.29) is 0 Å². The zero-order valence-corrected chi connectivity index (χ0v) is 12.1. The Bertz CT molecular complexity index is 628. The molecule has 2 rings (SSSR count). The normalized spacial score (nSPS) is 12.4. The molecule has 0 atom stereocenters. The molecule has 0 aliphatic carbocycles. The number of benzene rings is 2. The third-order valence-corrected chi connectivity index (χ3v) is 3.12. The van der Waals surface area contributed by atoms with Gasteiger partial charge in [-0.3, -0.25) is 0 Å². The summed E-state index contributed by atoms with van der Waals surface area (Å²) in [5, 5.41) is 0. The maximum Gasteiger partial charge on any atom is -0.0178 e. The second kappa shape index (κ2) is 7.30. The van der Waals surface area contributed by atoms with E-state index in [1.165, 1.54) is 22.3 Å². The lowest BCUT2D eigenvalue weighted by atomic mass is 9.98. The number of hydrogen-bond donors (Lipinski definition) is 0. The van der Waals surface area contributed by atoms with Crippen LogP contribution in [-0.4, -0.2) is 0 Å². The minimum Gasteiger partial charge on any atom is -0.0876 e. The van der Waals surface area contributed by atoms with Gasteiger partial charge >= 0.3 is 0 Å². The van der Waals surface area contributed by atoms with Crippen molar-refractivity contribution in [3.05, 3.63) is 90.5 Å². The maximum absolute atomic E-state index is 2.24. The molecule has 0 aliphatic heterocycles. The van der Waals surface area contributed by atoms with Crippen molar-refractivity contribution in [1.29, 1.82) is 0 Å². The molecule has 2 aromatic rings. The van der Waals surface area contributed by atoms with E-state index in [9.17, 15) is 0 Å². The van der Waals surface area contributed by atoms with Crippen molar-refractivity contribution in [3.63, 3.8) is 0 Å². The van der Waals surface area contributed by atoms with Gasteiger partial charge in [-0.1, -0.05) is 78.9 Å². The number of allylic oxidation sites excluding steroid dienone is 6. The summed E-state index contributed by atoms with van der Waals surface area (Å²) >= 11 is 0. The van der Waals surface area contributed by atoms with Gasteiger partial charge in [-0.2, -0.15) is 0 Å². The SMILES string of the molecule is C\C=C/C=C(\C=C/C)c1cccc(-c2ccccc2)c1. The zero-order valence-electron chi connectivity index (χ0n) is 12.1. The second-order valence-electron chi connectivity index (χ2n) is 4.59. The van der Waals surface area contributed by atoms with Gasteiger partial charge in [0.05, 0.1) is 0 Å². The van der Waals surface area contributed by atoms with Crippen molar-refractivity contribution in [3.8, 4) is 11.1 Å². The summed E-state index contributed by atoms with van der Waals surface area (Å²) in [4.78, 5) is 0. The summed E-state index contributed by atoms with van der Waals surface area (Å²) < 4.78 is 0. The van der Waals surface area contributed by atoms with Crippen LogP contribution in [-0.2, 0) is 0 Å². The summed E-state index contributed by atoms with van der Waals surface area (Å²) in [7, 11) is 0. The first-order valence-electron chi connectivity index (χ1n) is 6.96. The zero-order chi connectivity index (χ0) is 14.2. The molecule has 0 N–H and O–H groups in total. The quantitative estimate of drug-likeness (QED) is 0.601. The van der Waals surface area contributed by atoms with Crippen LogP contribution < -0.4 is 0 Å². The highest BCUT2D eigenvalue weighted by Gasteiger charge is 2.01. The highest BCUT2D eigenvalue weighted by atomic mass is 14.1. The largest absolute Gasteiger partial charge is 0.0876 e. The number of rotatable bonds is 4. The fourth-order valence-corrected chi connectivity index (χ4v) is 2.14. The monoisotopic (exact) mass is 260 g/mol. The van der Waals surface area contributed by atoms with Crippen LogP contribution in [0.1, 0.15) is 19.4 Å². The van der Waals surface area contributed by atoms with Gasteiger partial charge in [0, 0.05) is 0 Å². The summed E-state index contributed by atoms with van der Waals surface area (Å²) in [5.41, 5.74) is 4.96. The summed E-state index contributed by atoms with van der Waals surface area (Å²) in [6.45, 7) is 4.08. The van der Waals surface area contributed by atoms with E-state index in [4.69, 9.17) is 0 Å². The van der Waals surface area contributed by atoms with E-state index >= 15 is 0 Å². The molecule has 0 fully saturated rings. The van der Waals surface area contributed by atoms with Gasteiger partial charge in [-0.05, 0) is 42.2 Å². The third-order valence-electron chi connectivity index (χ3n) is 3.12. The highest BCUT2D eigenvalue weighted by Crippen LogP contribution is 2.24. The van der Waals surface area contributed by atoms with Gasteiger partial charge in [0.15, 0.2) is 0 Å². The lowest BCUT2D eigenvalue weighted by molar-refractivity contribution is 1.57. The maximum atomic E-state index is 2.24. The molecule has 0 aliphatic rings. The molecule has 0 heteroatoms. The Morgan fingerprint density at radius 2 is 1.55 bits per heavy atom.